The molecule has 5 heteroatoms. The van der Waals surface area contributed by atoms with Gasteiger partial charge in [-0.3, -0.25) is 4.79 Å². The molecule has 98 valence electrons. The van der Waals surface area contributed by atoms with Crippen molar-refractivity contribution in [3.8, 4) is 0 Å². The number of amides is 1. The first-order valence-electron chi connectivity index (χ1n) is 6.09. The zero-order valence-electron chi connectivity index (χ0n) is 10.0. The molecule has 0 radical (unpaired) electrons. The van der Waals surface area contributed by atoms with Gasteiger partial charge in [-0.2, -0.15) is 0 Å². The average molecular weight is 287 g/mol. The van der Waals surface area contributed by atoms with Gasteiger partial charge < -0.3 is 10.6 Å². The number of carbonyl (C=O) groups excluding carboxylic acids is 1. The van der Waals surface area contributed by atoms with Gasteiger partial charge in [0.15, 0.2) is 0 Å². The molecule has 1 aromatic rings. The van der Waals surface area contributed by atoms with Crippen molar-refractivity contribution in [1.29, 1.82) is 0 Å². The summed E-state index contributed by atoms with van der Waals surface area (Å²) < 4.78 is 0. The van der Waals surface area contributed by atoms with Crippen LogP contribution in [0.15, 0.2) is 18.2 Å². The van der Waals surface area contributed by atoms with E-state index < -0.39 is 0 Å². The highest BCUT2D eigenvalue weighted by molar-refractivity contribution is 6.35. The van der Waals surface area contributed by atoms with Crippen LogP contribution in [0.5, 0.6) is 0 Å². The SMILES string of the molecule is O=C1CCC(CNCCc2ccc(Cl)cc2Cl)N1. The first-order valence-corrected chi connectivity index (χ1v) is 6.85. The van der Waals surface area contributed by atoms with Crippen LogP contribution in [0.2, 0.25) is 10.0 Å². The molecule has 0 spiro atoms. The van der Waals surface area contributed by atoms with Crippen molar-refractivity contribution in [3.63, 3.8) is 0 Å². The van der Waals surface area contributed by atoms with Crippen LogP contribution in [0, 0.1) is 0 Å². The highest BCUT2D eigenvalue weighted by Gasteiger charge is 2.19. The summed E-state index contributed by atoms with van der Waals surface area (Å²) in [6.07, 6.45) is 2.43. The molecule has 0 aromatic heterocycles. The largest absolute Gasteiger partial charge is 0.352 e. The van der Waals surface area contributed by atoms with E-state index in [0.29, 0.717) is 16.5 Å². The van der Waals surface area contributed by atoms with E-state index in [1.165, 1.54) is 0 Å². The van der Waals surface area contributed by atoms with Crippen LogP contribution in [0.3, 0.4) is 0 Å². The summed E-state index contributed by atoms with van der Waals surface area (Å²) in [5.41, 5.74) is 1.09. The van der Waals surface area contributed by atoms with E-state index in [4.69, 9.17) is 23.2 Å². The third-order valence-corrected chi connectivity index (χ3v) is 3.65. The number of halogens is 2. The maximum absolute atomic E-state index is 11.0. The quantitative estimate of drug-likeness (QED) is 0.817. The van der Waals surface area contributed by atoms with E-state index in [-0.39, 0.29) is 11.9 Å². The molecule has 0 aliphatic carbocycles. The molecule has 1 atom stereocenters. The molecule has 2 N–H and O–H groups in total. The minimum absolute atomic E-state index is 0.155. The monoisotopic (exact) mass is 286 g/mol. The van der Waals surface area contributed by atoms with Crippen LogP contribution in [0.1, 0.15) is 18.4 Å². The first-order chi connectivity index (χ1) is 8.65. The first kappa shape index (κ1) is 13.7. The molecule has 18 heavy (non-hydrogen) atoms. The minimum atomic E-state index is 0.155. The van der Waals surface area contributed by atoms with E-state index in [1.54, 1.807) is 6.07 Å². The Kier molecular flexibility index (Phi) is 4.87. The lowest BCUT2D eigenvalue weighted by Gasteiger charge is -2.11. The van der Waals surface area contributed by atoms with Gasteiger partial charge in [-0.15, -0.1) is 0 Å². The summed E-state index contributed by atoms with van der Waals surface area (Å²) in [4.78, 5) is 11.0. The van der Waals surface area contributed by atoms with Gasteiger partial charge in [0.05, 0.1) is 0 Å². The molecule has 1 aromatic carbocycles. The number of carbonyl (C=O) groups is 1. The molecule has 1 aliphatic heterocycles. The van der Waals surface area contributed by atoms with E-state index >= 15 is 0 Å². The predicted octanol–water partition coefficient (Wildman–Crippen LogP) is 2.40. The normalized spacial score (nSPS) is 19.0. The second-order valence-corrected chi connectivity index (χ2v) is 5.34. The molecule has 1 saturated heterocycles. The molecule has 0 bridgehead atoms. The fourth-order valence-electron chi connectivity index (χ4n) is 2.05. The van der Waals surface area contributed by atoms with Gasteiger partial charge in [0.2, 0.25) is 5.91 Å². The van der Waals surface area contributed by atoms with Crippen LogP contribution in [-0.2, 0) is 11.2 Å². The maximum Gasteiger partial charge on any atom is 0.220 e. The fraction of sp³-hybridized carbons (Fsp3) is 0.462. The van der Waals surface area contributed by atoms with Gasteiger partial charge in [0.25, 0.3) is 0 Å². The fourth-order valence-corrected chi connectivity index (χ4v) is 2.56. The number of hydrogen-bond acceptors (Lipinski definition) is 2. The van der Waals surface area contributed by atoms with Gasteiger partial charge in [-0.05, 0) is 37.1 Å². The molecule has 1 amide bonds. The average Bonchev–Trinajstić information content (AvgIpc) is 2.73. The van der Waals surface area contributed by atoms with Crippen LogP contribution in [0.4, 0.5) is 0 Å². The smallest absolute Gasteiger partial charge is 0.220 e. The molecule has 0 saturated carbocycles. The van der Waals surface area contributed by atoms with Crippen molar-refractivity contribution in [3.05, 3.63) is 33.8 Å². The maximum atomic E-state index is 11.0. The van der Waals surface area contributed by atoms with Crippen molar-refractivity contribution in [1.82, 2.24) is 10.6 Å². The number of nitrogens with one attached hydrogen (secondary N) is 2. The Balaban J connectivity index is 1.70. The molecule has 1 heterocycles. The lowest BCUT2D eigenvalue weighted by atomic mass is 10.1. The Morgan fingerprint density at radius 2 is 2.22 bits per heavy atom. The van der Waals surface area contributed by atoms with Crippen LogP contribution in [-0.4, -0.2) is 25.0 Å². The van der Waals surface area contributed by atoms with Gasteiger partial charge in [0, 0.05) is 29.1 Å². The molecule has 1 fully saturated rings. The lowest BCUT2D eigenvalue weighted by Crippen LogP contribution is -2.36. The highest BCUT2D eigenvalue weighted by Crippen LogP contribution is 2.21. The summed E-state index contributed by atoms with van der Waals surface area (Å²) >= 11 is 11.9. The summed E-state index contributed by atoms with van der Waals surface area (Å²) in [5.74, 6) is 0.155. The standard InChI is InChI=1S/C13H16Cl2N2O/c14-10-2-1-9(12(15)7-10)5-6-16-8-11-3-4-13(18)17-11/h1-2,7,11,16H,3-6,8H2,(H,17,18). The molecular weight excluding hydrogens is 271 g/mol. The molecule has 3 nitrogen and oxygen atoms in total. The topological polar surface area (TPSA) is 41.1 Å². The molecule has 2 rings (SSSR count). The van der Waals surface area contributed by atoms with Gasteiger partial charge in [0.1, 0.15) is 0 Å². The Labute approximate surface area is 117 Å². The van der Waals surface area contributed by atoms with Crippen molar-refractivity contribution in [2.24, 2.45) is 0 Å². The summed E-state index contributed by atoms with van der Waals surface area (Å²) in [6, 6.07) is 5.83. The summed E-state index contributed by atoms with van der Waals surface area (Å²) in [5, 5.41) is 7.62. The number of benzene rings is 1. The van der Waals surface area contributed by atoms with Crippen LogP contribution >= 0.6 is 23.2 Å². The Morgan fingerprint density at radius 3 is 2.89 bits per heavy atom. The van der Waals surface area contributed by atoms with Gasteiger partial charge >= 0.3 is 0 Å². The zero-order chi connectivity index (χ0) is 13.0. The second kappa shape index (κ2) is 6.41. The van der Waals surface area contributed by atoms with Gasteiger partial charge in [-0.1, -0.05) is 29.3 Å². The second-order valence-electron chi connectivity index (χ2n) is 4.49. The van der Waals surface area contributed by atoms with Crippen molar-refractivity contribution in [2.45, 2.75) is 25.3 Å². The third kappa shape index (κ3) is 3.87. The summed E-state index contributed by atoms with van der Waals surface area (Å²) in [7, 11) is 0. The van der Waals surface area contributed by atoms with E-state index in [1.807, 2.05) is 12.1 Å². The number of rotatable bonds is 5. The van der Waals surface area contributed by atoms with Crippen LogP contribution in [0.25, 0.3) is 0 Å². The van der Waals surface area contributed by atoms with Crippen molar-refractivity contribution < 1.29 is 4.79 Å². The van der Waals surface area contributed by atoms with Gasteiger partial charge in [-0.25, -0.2) is 0 Å². The Bertz CT molecular complexity index is 437. The zero-order valence-corrected chi connectivity index (χ0v) is 11.5. The Hall–Kier alpha value is -0.770. The summed E-state index contributed by atoms with van der Waals surface area (Å²) in [6.45, 7) is 1.66. The number of hydrogen-bond donors (Lipinski definition) is 2. The van der Waals surface area contributed by atoms with Crippen LogP contribution < -0.4 is 10.6 Å². The third-order valence-electron chi connectivity index (χ3n) is 3.06. The van der Waals surface area contributed by atoms with Crippen molar-refractivity contribution >= 4 is 29.1 Å². The van der Waals surface area contributed by atoms with E-state index in [9.17, 15) is 4.79 Å². The molecule has 1 unspecified atom stereocenters. The lowest BCUT2D eigenvalue weighted by molar-refractivity contribution is -0.119. The molecule has 1 aliphatic rings. The van der Waals surface area contributed by atoms with E-state index in [2.05, 4.69) is 10.6 Å². The minimum Gasteiger partial charge on any atom is -0.352 e. The predicted molar refractivity (Wildman–Crippen MR) is 74.2 cm³/mol. The van der Waals surface area contributed by atoms with E-state index in [0.717, 1.165) is 31.5 Å². The highest BCUT2D eigenvalue weighted by atomic mass is 35.5. The van der Waals surface area contributed by atoms with Crippen molar-refractivity contribution in [2.75, 3.05) is 13.1 Å². The Morgan fingerprint density at radius 1 is 1.39 bits per heavy atom. The molecular formula is C13H16Cl2N2O.